The first-order chi connectivity index (χ1) is 10.6. The Bertz CT molecular complexity index is 720. The van der Waals surface area contributed by atoms with Gasteiger partial charge in [-0.05, 0) is 12.8 Å². The van der Waals surface area contributed by atoms with Gasteiger partial charge in [0.05, 0.1) is 6.33 Å². The van der Waals surface area contributed by atoms with Crippen molar-refractivity contribution < 1.29 is 20.1 Å². The van der Waals surface area contributed by atoms with Gasteiger partial charge in [-0.3, -0.25) is 4.57 Å². The van der Waals surface area contributed by atoms with E-state index in [1.165, 1.54) is 12.7 Å². The van der Waals surface area contributed by atoms with E-state index in [0.29, 0.717) is 17.6 Å². The summed E-state index contributed by atoms with van der Waals surface area (Å²) in [4.78, 5) is 12.1. The molecule has 9 nitrogen and oxygen atoms in total. The van der Waals surface area contributed by atoms with Gasteiger partial charge in [-0.2, -0.15) is 0 Å². The largest absolute Gasteiger partial charge is 0.396 e. The second kappa shape index (κ2) is 4.59. The number of hydrogen-bond donors (Lipinski definition) is 4. The smallest absolute Gasteiger partial charge is 0.167 e. The maximum Gasteiger partial charge on any atom is 0.167 e. The van der Waals surface area contributed by atoms with Gasteiger partial charge in [-0.25, -0.2) is 15.0 Å². The molecule has 5 N–H and O–H groups in total. The zero-order chi connectivity index (χ0) is 15.5. The Balaban J connectivity index is 1.75. The van der Waals surface area contributed by atoms with Crippen molar-refractivity contribution in [3.63, 3.8) is 0 Å². The molecule has 9 heteroatoms. The molecule has 2 aromatic rings. The maximum absolute atomic E-state index is 10.4. The molecule has 22 heavy (non-hydrogen) atoms. The minimum absolute atomic E-state index is 0.0870. The Morgan fingerprint density at radius 3 is 2.86 bits per heavy atom. The van der Waals surface area contributed by atoms with Crippen molar-refractivity contribution in [1.29, 1.82) is 0 Å². The summed E-state index contributed by atoms with van der Waals surface area (Å²) in [5.41, 5.74) is 5.69. The van der Waals surface area contributed by atoms with E-state index in [4.69, 9.17) is 10.5 Å². The molecule has 3 heterocycles. The predicted octanol–water partition coefficient (Wildman–Crippen LogP) is -1.20. The van der Waals surface area contributed by atoms with E-state index < -0.39 is 24.0 Å². The number of aliphatic hydroxyl groups is 3. The van der Waals surface area contributed by atoms with Gasteiger partial charge in [0.2, 0.25) is 0 Å². The second-order valence-electron chi connectivity index (χ2n) is 5.90. The van der Waals surface area contributed by atoms with Gasteiger partial charge in [0, 0.05) is 12.5 Å². The van der Waals surface area contributed by atoms with E-state index in [9.17, 15) is 15.3 Å². The van der Waals surface area contributed by atoms with Gasteiger partial charge in [0.15, 0.2) is 17.7 Å². The number of aromatic nitrogens is 4. The molecule has 1 aliphatic carbocycles. The number of imidazole rings is 1. The molecule has 3 unspecified atom stereocenters. The standard InChI is InChI=1S/C13H17N5O4/c14-10-7-11(16-4-15-10)18(5-17-7)12-8(20)9(21)13(22-12)2-1-6(13)3-19/h4-6,8-9,12,19-21H,1-3H2,(H2,14,15,16)/t6-,8?,9?,12?,13-/m1/s1. The van der Waals surface area contributed by atoms with Crippen LogP contribution >= 0.6 is 0 Å². The minimum Gasteiger partial charge on any atom is -0.396 e. The molecule has 1 saturated heterocycles. The van der Waals surface area contributed by atoms with Gasteiger partial charge < -0.3 is 25.8 Å². The highest BCUT2D eigenvalue weighted by Gasteiger charge is 2.62. The predicted molar refractivity (Wildman–Crippen MR) is 74.4 cm³/mol. The highest BCUT2D eigenvalue weighted by molar-refractivity contribution is 5.81. The van der Waals surface area contributed by atoms with Crippen molar-refractivity contribution in [2.24, 2.45) is 5.92 Å². The average Bonchev–Trinajstić information content (AvgIpc) is 3.02. The summed E-state index contributed by atoms with van der Waals surface area (Å²) in [7, 11) is 0. The van der Waals surface area contributed by atoms with Crippen LogP contribution in [0.5, 0.6) is 0 Å². The molecule has 0 radical (unpaired) electrons. The highest BCUT2D eigenvalue weighted by Crippen LogP contribution is 2.52. The molecule has 1 saturated carbocycles. The fourth-order valence-corrected chi connectivity index (χ4v) is 3.51. The van der Waals surface area contributed by atoms with Crippen LogP contribution < -0.4 is 5.73 Å². The van der Waals surface area contributed by atoms with Gasteiger partial charge in [0.25, 0.3) is 0 Å². The average molecular weight is 307 g/mol. The quantitative estimate of drug-likeness (QED) is 0.542. The van der Waals surface area contributed by atoms with Crippen molar-refractivity contribution in [2.45, 2.75) is 36.9 Å². The van der Waals surface area contributed by atoms with Crippen LogP contribution in [0.3, 0.4) is 0 Å². The van der Waals surface area contributed by atoms with Crippen LogP contribution in [0, 0.1) is 5.92 Å². The van der Waals surface area contributed by atoms with Gasteiger partial charge in [-0.15, -0.1) is 0 Å². The van der Waals surface area contributed by atoms with Crippen LogP contribution in [0.15, 0.2) is 12.7 Å². The van der Waals surface area contributed by atoms with Gasteiger partial charge in [0.1, 0.15) is 29.7 Å². The second-order valence-corrected chi connectivity index (χ2v) is 5.90. The molecule has 0 bridgehead atoms. The van der Waals surface area contributed by atoms with E-state index in [-0.39, 0.29) is 18.3 Å². The highest BCUT2D eigenvalue weighted by atomic mass is 16.6. The van der Waals surface area contributed by atoms with Crippen molar-refractivity contribution >= 4 is 17.0 Å². The van der Waals surface area contributed by atoms with Crippen molar-refractivity contribution in [3.8, 4) is 0 Å². The number of ether oxygens (including phenoxy) is 1. The summed E-state index contributed by atoms with van der Waals surface area (Å²) in [5.74, 6) is 0.0556. The van der Waals surface area contributed by atoms with Gasteiger partial charge >= 0.3 is 0 Å². The SMILES string of the molecule is Nc1ncnc2c1ncn2C1O[C@@]2(CC[C@@H]2CO)C(O)C1O. The Kier molecular flexibility index (Phi) is 2.89. The molecular formula is C13H17N5O4. The summed E-state index contributed by atoms with van der Waals surface area (Å²) in [6, 6.07) is 0. The first-order valence-corrected chi connectivity index (χ1v) is 7.16. The zero-order valence-corrected chi connectivity index (χ0v) is 11.7. The van der Waals surface area contributed by atoms with Crippen LogP contribution in [-0.2, 0) is 4.74 Å². The molecule has 1 aliphatic heterocycles. The summed E-state index contributed by atoms with van der Waals surface area (Å²) in [6.45, 7) is -0.0870. The Labute approximate surface area is 125 Å². The third-order valence-electron chi connectivity index (χ3n) is 4.91. The number of hydrogen-bond acceptors (Lipinski definition) is 8. The number of fused-ring (bicyclic) bond motifs is 1. The van der Waals surface area contributed by atoms with Crippen LogP contribution in [-0.4, -0.2) is 59.3 Å². The van der Waals surface area contributed by atoms with Crippen molar-refractivity contribution in [1.82, 2.24) is 19.5 Å². The first-order valence-electron chi connectivity index (χ1n) is 7.16. The van der Waals surface area contributed by atoms with E-state index in [1.807, 2.05) is 0 Å². The molecule has 2 aromatic heterocycles. The summed E-state index contributed by atoms with van der Waals surface area (Å²) < 4.78 is 7.51. The molecule has 5 atom stereocenters. The lowest BCUT2D eigenvalue weighted by Crippen LogP contribution is -2.57. The number of aliphatic hydroxyl groups excluding tert-OH is 3. The summed E-state index contributed by atoms with van der Waals surface area (Å²) in [5, 5.41) is 30.2. The Morgan fingerprint density at radius 2 is 2.18 bits per heavy atom. The molecule has 118 valence electrons. The van der Waals surface area contributed by atoms with Crippen LogP contribution in [0.4, 0.5) is 5.82 Å². The van der Waals surface area contributed by atoms with E-state index in [0.717, 1.165) is 6.42 Å². The van der Waals surface area contributed by atoms with E-state index >= 15 is 0 Å². The topological polar surface area (TPSA) is 140 Å². The van der Waals surface area contributed by atoms with Gasteiger partial charge in [-0.1, -0.05) is 0 Å². The lowest BCUT2D eigenvalue weighted by atomic mass is 9.66. The molecular weight excluding hydrogens is 290 g/mol. The van der Waals surface area contributed by atoms with Crippen LogP contribution in [0.1, 0.15) is 19.1 Å². The molecule has 2 aliphatic rings. The number of nitrogens with two attached hydrogens (primary N) is 1. The van der Waals surface area contributed by atoms with Crippen LogP contribution in [0.25, 0.3) is 11.2 Å². The molecule has 0 amide bonds. The van der Waals surface area contributed by atoms with Crippen molar-refractivity contribution in [2.75, 3.05) is 12.3 Å². The molecule has 4 rings (SSSR count). The summed E-state index contributed by atoms with van der Waals surface area (Å²) in [6.07, 6.45) is 1.08. The number of anilines is 1. The number of nitrogens with zero attached hydrogens (tertiary/aromatic N) is 4. The molecule has 2 fully saturated rings. The Hall–Kier alpha value is -1.81. The minimum atomic E-state index is -1.14. The van der Waals surface area contributed by atoms with Crippen molar-refractivity contribution in [3.05, 3.63) is 12.7 Å². The fourth-order valence-electron chi connectivity index (χ4n) is 3.51. The number of rotatable bonds is 2. The fraction of sp³-hybridized carbons (Fsp3) is 0.615. The number of nitrogen functional groups attached to an aromatic ring is 1. The maximum atomic E-state index is 10.4. The van der Waals surface area contributed by atoms with E-state index in [1.54, 1.807) is 4.57 Å². The first kappa shape index (κ1) is 13.8. The summed E-state index contributed by atoms with van der Waals surface area (Å²) >= 11 is 0. The van der Waals surface area contributed by atoms with Crippen LogP contribution in [0.2, 0.25) is 0 Å². The third-order valence-corrected chi connectivity index (χ3v) is 4.91. The lowest BCUT2D eigenvalue weighted by Gasteiger charge is -2.47. The molecule has 0 aromatic carbocycles. The lowest BCUT2D eigenvalue weighted by molar-refractivity contribution is -0.194. The normalized spacial score (nSPS) is 37.8. The monoisotopic (exact) mass is 307 g/mol. The Morgan fingerprint density at radius 1 is 1.36 bits per heavy atom. The van der Waals surface area contributed by atoms with E-state index in [2.05, 4.69) is 15.0 Å². The molecule has 1 spiro atoms. The third kappa shape index (κ3) is 1.59. The zero-order valence-electron chi connectivity index (χ0n) is 11.7.